The van der Waals surface area contributed by atoms with Crippen LogP contribution >= 0.6 is 0 Å². The SMILES string of the molecule is CC[C@H]1O[C@H](CO)CC1=O. The molecule has 0 unspecified atom stereocenters. The molecule has 1 aliphatic heterocycles. The maximum absolute atomic E-state index is 10.9. The Labute approximate surface area is 60.0 Å². The first-order valence-corrected chi connectivity index (χ1v) is 3.57. The maximum atomic E-state index is 10.9. The molecule has 3 heteroatoms. The zero-order valence-corrected chi connectivity index (χ0v) is 6.04. The number of rotatable bonds is 2. The summed E-state index contributed by atoms with van der Waals surface area (Å²) >= 11 is 0. The van der Waals surface area contributed by atoms with Gasteiger partial charge in [-0.25, -0.2) is 0 Å². The summed E-state index contributed by atoms with van der Waals surface area (Å²) in [5.74, 6) is 0.126. The van der Waals surface area contributed by atoms with Crippen LogP contribution in [-0.4, -0.2) is 29.7 Å². The Morgan fingerprint density at radius 2 is 2.50 bits per heavy atom. The fourth-order valence-electron chi connectivity index (χ4n) is 1.14. The molecule has 2 atom stereocenters. The van der Waals surface area contributed by atoms with Crippen LogP contribution in [0.1, 0.15) is 19.8 Å². The fraction of sp³-hybridized carbons (Fsp3) is 0.857. The minimum absolute atomic E-state index is 0.0394. The predicted molar refractivity (Wildman–Crippen MR) is 35.7 cm³/mol. The molecule has 10 heavy (non-hydrogen) atoms. The number of aliphatic hydroxyl groups excluding tert-OH is 1. The lowest BCUT2D eigenvalue weighted by atomic mass is 10.1. The molecule has 1 N–H and O–H groups in total. The largest absolute Gasteiger partial charge is 0.394 e. The zero-order valence-electron chi connectivity index (χ0n) is 6.04. The van der Waals surface area contributed by atoms with Crippen molar-refractivity contribution in [3.63, 3.8) is 0 Å². The first-order valence-electron chi connectivity index (χ1n) is 3.57. The molecule has 0 bridgehead atoms. The van der Waals surface area contributed by atoms with Crippen LogP contribution in [0.5, 0.6) is 0 Å². The minimum atomic E-state index is -0.253. The summed E-state index contributed by atoms with van der Waals surface area (Å²) in [4.78, 5) is 10.9. The summed E-state index contributed by atoms with van der Waals surface area (Å²) < 4.78 is 5.17. The molecular formula is C7H12O3. The lowest BCUT2D eigenvalue weighted by Crippen LogP contribution is -2.15. The Morgan fingerprint density at radius 1 is 1.80 bits per heavy atom. The van der Waals surface area contributed by atoms with Crippen LogP contribution in [0.25, 0.3) is 0 Å². The Balaban J connectivity index is 2.44. The molecule has 0 radical (unpaired) electrons. The molecule has 0 aliphatic carbocycles. The van der Waals surface area contributed by atoms with E-state index in [1.165, 1.54) is 0 Å². The van der Waals surface area contributed by atoms with E-state index >= 15 is 0 Å². The van der Waals surface area contributed by atoms with Gasteiger partial charge >= 0.3 is 0 Å². The number of hydrogen-bond acceptors (Lipinski definition) is 3. The number of carbonyl (C=O) groups excluding carboxylic acids is 1. The van der Waals surface area contributed by atoms with Crippen molar-refractivity contribution in [2.45, 2.75) is 32.0 Å². The number of ether oxygens (including phenoxy) is 1. The molecule has 0 aromatic heterocycles. The van der Waals surface area contributed by atoms with E-state index in [1.54, 1.807) is 0 Å². The molecule has 0 aromatic carbocycles. The van der Waals surface area contributed by atoms with Gasteiger partial charge in [0.05, 0.1) is 12.7 Å². The van der Waals surface area contributed by atoms with Crippen molar-refractivity contribution in [1.29, 1.82) is 0 Å². The third kappa shape index (κ3) is 1.36. The van der Waals surface area contributed by atoms with Crippen molar-refractivity contribution in [3.05, 3.63) is 0 Å². The summed E-state index contributed by atoms with van der Waals surface area (Å²) in [5.41, 5.74) is 0. The van der Waals surface area contributed by atoms with E-state index in [2.05, 4.69) is 0 Å². The Morgan fingerprint density at radius 3 is 2.80 bits per heavy atom. The molecular weight excluding hydrogens is 132 g/mol. The van der Waals surface area contributed by atoms with E-state index < -0.39 is 0 Å². The minimum Gasteiger partial charge on any atom is -0.394 e. The average molecular weight is 144 g/mol. The molecule has 1 aliphatic rings. The van der Waals surface area contributed by atoms with Gasteiger partial charge in [-0.3, -0.25) is 4.79 Å². The molecule has 1 heterocycles. The second-order valence-electron chi connectivity index (χ2n) is 2.51. The van der Waals surface area contributed by atoms with Crippen molar-refractivity contribution in [3.8, 4) is 0 Å². The Kier molecular flexibility index (Phi) is 2.40. The van der Waals surface area contributed by atoms with E-state index in [-0.39, 0.29) is 24.6 Å². The van der Waals surface area contributed by atoms with Crippen LogP contribution < -0.4 is 0 Å². The van der Waals surface area contributed by atoms with Gasteiger partial charge in [-0.15, -0.1) is 0 Å². The number of ketones is 1. The van der Waals surface area contributed by atoms with Gasteiger partial charge in [0.25, 0.3) is 0 Å². The van der Waals surface area contributed by atoms with Crippen molar-refractivity contribution >= 4 is 5.78 Å². The van der Waals surface area contributed by atoms with Gasteiger partial charge in [-0.05, 0) is 6.42 Å². The quantitative estimate of drug-likeness (QED) is 0.598. The van der Waals surface area contributed by atoms with Crippen molar-refractivity contribution in [2.24, 2.45) is 0 Å². The van der Waals surface area contributed by atoms with Gasteiger partial charge in [0.1, 0.15) is 6.10 Å². The lowest BCUT2D eigenvalue weighted by molar-refractivity contribution is -0.122. The first kappa shape index (κ1) is 7.69. The Bertz CT molecular complexity index is 133. The van der Waals surface area contributed by atoms with Crippen LogP contribution in [0.2, 0.25) is 0 Å². The topological polar surface area (TPSA) is 46.5 Å². The standard InChI is InChI=1S/C7H12O3/c1-2-7-6(9)3-5(4-8)10-7/h5,7-8H,2-4H2,1H3/t5-,7+/m0/s1. The monoisotopic (exact) mass is 144 g/mol. The molecule has 0 spiro atoms. The molecule has 1 saturated heterocycles. The number of Topliss-reactive ketones (excluding diaryl/α,β-unsaturated/α-hetero) is 1. The van der Waals surface area contributed by atoms with Crippen LogP contribution in [0.3, 0.4) is 0 Å². The second-order valence-corrected chi connectivity index (χ2v) is 2.51. The summed E-state index contributed by atoms with van der Waals surface area (Å²) in [6.45, 7) is 1.87. The summed E-state index contributed by atoms with van der Waals surface area (Å²) in [5, 5.41) is 8.62. The van der Waals surface area contributed by atoms with Crippen LogP contribution in [0.15, 0.2) is 0 Å². The molecule has 0 amide bonds. The van der Waals surface area contributed by atoms with E-state index in [1.807, 2.05) is 6.92 Å². The summed E-state index contributed by atoms with van der Waals surface area (Å²) in [7, 11) is 0. The molecule has 58 valence electrons. The van der Waals surface area contributed by atoms with E-state index in [0.717, 1.165) is 6.42 Å². The lowest BCUT2D eigenvalue weighted by Gasteiger charge is -2.06. The number of aliphatic hydroxyl groups is 1. The molecule has 0 saturated carbocycles. The molecule has 0 aromatic rings. The molecule has 3 nitrogen and oxygen atoms in total. The molecule has 1 fully saturated rings. The van der Waals surface area contributed by atoms with Crippen molar-refractivity contribution < 1.29 is 14.6 Å². The highest BCUT2D eigenvalue weighted by Gasteiger charge is 2.31. The normalized spacial score (nSPS) is 33.2. The summed E-state index contributed by atoms with van der Waals surface area (Å²) in [6.07, 6.45) is 0.610. The van der Waals surface area contributed by atoms with E-state index in [4.69, 9.17) is 9.84 Å². The average Bonchev–Trinajstić information content (AvgIpc) is 2.30. The maximum Gasteiger partial charge on any atom is 0.164 e. The third-order valence-electron chi connectivity index (χ3n) is 1.72. The van der Waals surface area contributed by atoms with Gasteiger partial charge in [0.15, 0.2) is 5.78 Å². The second kappa shape index (κ2) is 3.12. The van der Waals surface area contributed by atoms with Crippen LogP contribution in [0, 0.1) is 0 Å². The number of carbonyl (C=O) groups is 1. The highest BCUT2D eigenvalue weighted by Crippen LogP contribution is 2.17. The van der Waals surface area contributed by atoms with Crippen LogP contribution in [-0.2, 0) is 9.53 Å². The van der Waals surface area contributed by atoms with Crippen molar-refractivity contribution in [2.75, 3.05) is 6.61 Å². The van der Waals surface area contributed by atoms with E-state index in [0.29, 0.717) is 6.42 Å². The first-order chi connectivity index (χ1) is 4.77. The predicted octanol–water partition coefficient (Wildman–Crippen LogP) is 0.115. The summed E-state index contributed by atoms with van der Waals surface area (Å²) in [6, 6.07) is 0. The third-order valence-corrected chi connectivity index (χ3v) is 1.72. The van der Waals surface area contributed by atoms with Crippen LogP contribution in [0.4, 0.5) is 0 Å². The van der Waals surface area contributed by atoms with Crippen molar-refractivity contribution in [1.82, 2.24) is 0 Å². The van der Waals surface area contributed by atoms with E-state index in [9.17, 15) is 4.79 Å². The Hall–Kier alpha value is -0.410. The zero-order chi connectivity index (χ0) is 7.56. The smallest absolute Gasteiger partial charge is 0.164 e. The van der Waals surface area contributed by atoms with Gasteiger partial charge in [0, 0.05) is 6.42 Å². The number of hydrogen-bond donors (Lipinski definition) is 1. The highest BCUT2D eigenvalue weighted by molar-refractivity contribution is 5.85. The van der Waals surface area contributed by atoms with Gasteiger partial charge < -0.3 is 9.84 Å². The van der Waals surface area contributed by atoms with Gasteiger partial charge in [0.2, 0.25) is 0 Å². The fourth-order valence-corrected chi connectivity index (χ4v) is 1.14. The highest BCUT2D eigenvalue weighted by atomic mass is 16.5. The van der Waals surface area contributed by atoms with Gasteiger partial charge in [-0.2, -0.15) is 0 Å². The molecule has 1 rings (SSSR count). The van der Waals surface area contributed by atoms with Gasteiger partial charge in [-0.1, -0.05) is 6.92 Å².